The Hall–Kier alpha value is -3.72. The quantitative estimate of drug-likeness (QED) is 0.337. The first-order valence-corrected chi connectivity index (χ1v) is 10.7. The maximum absolute atomic E-state index is 13.0. The van der Waals surface area contributed by atoms with Crippen molar-refractivity contribution in [3.05, 3.63) is 68.9 Å². The van der Waals surface area contributed by atoms with E-state index in [1.54, 1.807) is 6.26 Å². The number of anilines is 2. The number of fused-ring (bicyclic) bond motifs is 2. The number of non-ortho nitro benzene ring substituents is 1. The molecule has 3 N–H and O–H groups in total. The molecule has 5 rings (SSSR count). The summed E-state index contributed by atoms with van der Waals surface area (Å²) in [4.78, 5) is 29.2. The van der Waals surface area contributed by atoms with Gasteiger partial charge >= 0.3 is 0 Å². The molecule has 0 fully saturated rings. The van der Waals surface area contributed by atoms with E-state index in [-0.39, 0.29) is 11.6 Å². The van der Waals surface area contributed by atoms with Crippen LogP contribution in [0.5, 0.6) is 0 Å². The lowest BCUT2D eigenvalue weighted by Gasteiger charge is -2.18. The minimum atomic E-state index is -0.487. The molecule has 3 aromatic heterocycles. The van der Waals surface area contributed by atoms with Gasteiger partial charge in [-0.25, -0.2) is 4.98 Å². The third-order valence-corrected chi connectivity index (χ3v) is 6.56. The van der Waals surface area contributed by atoms with E-state index in [9.17, 15) is 14.9 Å². The molecule has 0 atom stereocenters. The van der Waals surface area contributed by atoms with Gasteiger partial charge in [-0.05, 0) is 55.5 Å². The fraction of sp³-hybridized carbons (Fsp3) is 0.182. The number of rotatable bonds is 4. The minimum Gasteiger partial charge on any atom is -0.464 e. The number of aryl methyl sites for hydroxylation is 1. The van der Waals surface area contributed by atoms with Crippen molar-refractivity contribution in [2.75, 3.05) is 11.1 Å². The molecule has 1 aliphatic carbocycles. The molecule has 0 aliphatic heterocycles. The molecule has 0 spiro atoms. The lowest BCUT2D eigenvalue weighted by atomic mass is 9.89. The van der Waals surface area contributed by atoms with Crippen molar-refractivity contribution in [1.29, 1.82) is 0 Å². The summed E-state index contributed by atoms with van der Waals surface area (Å²) in [5.41, 5.74) is 10.3. The first-order valence-electron chi connectivity index (χ1n) is 9.86. The Morgan fingerprint density at radius 1 is 1.19 bits per heavy atom. The summed E-state index contributed by atoms with van der Waals surface area (Å²) in [6, 6.07) is 9.40. The highest BCUT2D eigenvalue weighted by atomic mass is 32.1. The summed E-state index contributed by atoms with van der Waals surface area (Å²) < 4.78 is 5.71. The summed E-state index contributed by atoms with van der Waals surface area (Å²) in [5, 5.41) is 14.3. The Labute approximate surface area is 180 Å². The van der Waals surface area contributed by atoms with Gasteiger partial charge in [0.25, 0.3) is 11.6 Å². The van der Waals surface area contributed by atoms with E-state index in [2.05, 4.69) is 5.32 Å². The molecule has 1 aliphatic rings. The number of nitrogen functional groups attached to an aromatic ring is 1. The zero-order valence-corrected chi connectivity index (χ0v) is 17.2. The molecule has 1 amide bonds. The summed E-state index contributed by atoms with van der Waals surface area (Å²) in [7, 11) is 0. The number of hydrogen-bond donors (Lipinski definition) is 2. The maximum atomic E-state index is 13.0. The second kappa shape index (κ2) is 7.51. The monoisotopic (exact) mass is 434 g/mol. The predicted molar refractivity (Wildman–Crippen MR) is 119 cm³/mol. The van der Waals surface area contributed by atoms with Gasteiger partial charge in [0.1, 0.15) is 15.5 Å². The van der Waals surface area contributed by atoms with Gasteiger partial charge in [0, 0.05) is 34.5 Å². The van der Waals surface area contributed by atoms with Gasteiger partial charge in [0.2, 0.25) is 0 Å². The molecule has 0 radical (unpaired) electrons. The number of nitrogens with two attached hydrogens (primary N) is 1. The lowest BCUT2D eigenvalue weighted by molar-refractivity contribution is -0.384. The molecule has 4 aromatic rings. The van der Waals surface area contributed by atoms with Crippen molar-refractivity contribution in [1.82, 2.24) is 4.98 Å². The van der Waals surface area contributed by atoms with Crippen molar-refractivity contribution in [3.8, 4) is 11.3 Å². The molecule has 0 saturated heterocycles. The molecule has 0 unspecified atom stereocenters. The first-order chi connectivity index (χ1) is 15.0. The molecule has 31 heavy (non-hydrogen) atoms. The topological polar surface area (TPSA) is 124 Å². The lowest BCUT2D eigenvalue weighted by Crippen LogP contribution is -2.12. The minimum absolute atomic E-state index is 0.0442. The number of nitrogens with one attached hydrogen (secondary N) is 1. The number of aromatic nitrogens is 1. The molecule has 156 valence electrons. The normalized spacial score (nSPS) is 13.2. The van der Waals surface area contributed by atoms with E-state index >= 15 is 0 Å². The molecular formula is C22H18N4O4S. The van der Waals surface area contributed by atoms with Crippen LogP contribution in [0.25, 0.3) is 21.5 Å². The number of thiophene rings is 1. The fourth-order valence-corrected chi connectivity index (χ4v) is 5.04. The van der Waals surface area contributed by atoms with Gasteiger partial charge in [-0.15, -0.1) is 11.3 Å². The molecule has 0 saturated carbocycles. The summed E-state index contributed by atoms with van der Waals surface area (Å²) in [6.45, 7) is 0. The van der Waals surface area contributed by atoms with Gasteiger partial charge in [-0.1, -0.05) is 0 Å². The number of hydrogen-bond acceptors (Lipinski definition) is 7. The van der Waals surface area contributed by atoms with E-state index < -0.39 is 4.92 Å². The molecule has 9 heteroatoms. The second-order valence-corrected chi connectivity index (χ2v) is 8.38. The van der Waals surface area contributed by atoms with Crippen LogP contribution in [0.3, 0.4) is 0 Å². The summed E-state index contributed by atoms with van der Waals surface area (Å²) >= 11 is 1.25. The fourth-order valence-electron chi connectivity index (χ4n) is 4.02. The number of amides is 1. The van der Waals surface area contributed by atoms with Crippen LogP contribution >= 0.6 is 11.3 Å². The first kappa shape index (κ1) is 19.3. The van der Waals surface area contributed by atoms with Crippen LogP contribution < -0.4 is 11.1 Å². The smallest absolute Gasteiger partial charge is 0.269 e. The number of carbonyl (C=O) groups excluding carboxylic acids is 1. The van der Waals surface area contributed by atoms with E-state index in [1.165, 1.54) is 35.6 Å². The van der Waals surface area contributed by atoms with Gasteiger partial charge in [-0.2, -0.15) is 0 Å². The Kier molecular flexibility index (Phi) is 4.67. The zero-order chi connectivity index (χ0) is 21.5. The molecule has 3 heterocycles. The van der Waals surface area contributed by atoms with E-state index in [1.807, 2.05) is 12.1 Å². The Morgan fingerprint density at radius 2 is 1.97 bits per heavy atom. The Balaban J connectivity index is 1.59. The number of nitro groups is 1. The van der Waals surface area contributed by atoms with Crippen molar-refractivity contribution >= 4 is 44.5 Å². The van der Waals surface area contributed by atoms with Crippen LogP contribution in [-0.2, 0) is 12.8 Å². The molecule has 8 nitrogen and oxygen atoms in total. The van der Waals surface area contributed by atoms with Crippen molar-refractivity contribution in [3.63, 3.8) is 0 Å². The number of nitro benzene ring substituents is 1. The largest absolute Gasteiger partial charge is 0.464 e. The van der Waals surface area contributed by atoms with Crippen LogP contribution in [0.15, 0.2) is 47.1 Å². The highest BCUT2D eigenvalue weighted by Crippen LogP contribution is 2.44. The van der Waals surface area contributed by atoms with Gasteiger partial charge in [-0.3, -0.25) is 14.9 Å². The SMILES string of the molecule is Nc1c(C(=O)Nc2ccc([N+](=O)[O-])cc2)sc2nc3c(c(-c4ccco4)c12)CCCC3. The number of benzene rings is 1. The van der Waals surface area contributed by atoms with E-state index in [0.717, 1.165) is 53.7 Å². The number of carbonyl (C=O) groups is 1. The number of pyridine rings is 1. The Morgan fingerprint density at radius 3 is 2.68 bits per heavy atom. The van der Waals surface area contributed by atoms with Gasteiger partial charge in [0.15, 0.2) is 0 Å². The van der Waals surface area contributed by atoms with Crippen LogP contribution in [0.1, 0.15) is 33.8 Å². The Bertz CT molecular complexity index is 1310. The highest BCUT2D eigenvalue weighted by molar-refractivity contribution is 7.21. The predicted octanol–water partition coefficient (Wildman–Crippen LogP) is 5.18. The van der Waals surface area contributed by atoms with E-state index in [0.29, 0.717) is 21.1 Å². The number of nitrogens with zero attached hydrogens (tertiary/aromatic N) is 2. The van der Waals surface area contributed by atoms with Crippen molar-refractivity contribution in [2.45, 2.75) is 25.7 Å². The average Bonchev–Trinajstić information content (AvgIpc) is 3.41. The third kappa shape index (κ3) is 3.32. The molecule has 0 bridgehead atoms. The van der Waals surface area contributed by atoms with Crippen LogP contribution in [-0.4, -0.2) is 15.8 Å². The second-order valence-electron chi connectivity index (χ2n) is 7.38. The average molecular weight is 434 g/mol. The van der Waals surface area contributed by atoms with Gasteiger partial charge < -0.3 is 15.5 Å². The summed E-state index contributed by atoms with van der Waals surface area (Å²) in [5.74, 6) is 0.343. The van der Waals surface area contributed by atoms with Crippen LogP contribution in [0.2, 0.25) is 0 Å². The zero-order valence-electron chi connectivity index (χ0n) is 16.4. The van der Waals surface area contributed by atoms with E-state index in [4.69, 9.17) is 15.1 Å². The van der Waals surface area contributed by atoms with Crippen molar-refractivity contribution < 1.29 is 14.1 Å². The number of furan rings is 1. The third-order valence-electron chi connectivity index (χ3n) is 5.46. The standard InChI is InChI=1S/C22H18N4O4S/c23-19-18-17(16-6-3-11-30-16)14-4-1-2-5-15(14)25-22(18)31-20(19)21(27)24-12-7-9-13(10-8-12)26(28)29/h3,6-11H,1-2,4-5,23H2,(H,24,27). The van der Waals surface area contributed by atoms with Crippen molar-refractivity contribution in [2.24, 2.45) is 0 Å². The van der Waals surface area contributed by atoms with Gasteiger partial charge in [0.05, 0.1) is 16.9 Å². The van der Waals surface area contributed by atoms with Crippen LogP contribution in [0, 0.1) is 10.1 Å². The van der Waals surface area contributed by atoms with Crippen LogP contribution in [0.4, 0.5) is 17.1 Å². The molecular weight excluding hydrogens is 416 g/mol. The highest BCUT2D eigenvalue weighted by Gasteiger charge is 2.26. The molecule has 1 aromatic carbocycles. The summed E-state index contributed by atoms with van der Waals surface area (Å²) in [6.07, 6.45) is 5.57. The maximum Gasteiger partial charge on any atom is 0.269 e.